The third kappa shape index (κ3) is 3.66. The van der Waals surface area contributed by atoms with Crippen molar-refractivity contribution >= 4 is 34.2 Å². The molecule has 0 aliphatic heterocycles. The summed E-state index contributed by atoms with van der Waals surface area (Å²) in [5.41, 5.74) is 0.526. The average Bonchev–Trinajstić information content (AvgIpc) is 2.22. The lowest BCUT2D eigenvalue weighted by atomic mass is 9.96. The van der Waals surface area contributed by atoms with Crippen LogP contribution in [0.1, 0.15) is 13.8 Å². The lowest BCUT2D eigenvalue weighted by Gasteiger charge is -2.13. The van der Waals surface area contributed by atoms with Crippen molar-refractivity contribution in [2.45, 2.75) is 13.8 Å². The molecule has 0 heterocycles. The van der Waals surface area contributed by atoms with Gasteiger partial charge >= 0.3 is 0 Å². The number of rotatable bonds is 3. The highest BCUT2D eigenvalue weighted by Crippen LogP contribution is 2.21. The molecule has 0 aliphatic carbocycles. The van der Waals surface area contributed by atoms with Gasteiger partial charge < -0.3 is 5.32 Å². The fourth-order valence-corrected chi connectivity index (χ4v) is 1.92. The van der Waals surface area contributed by atoms with Crippen molar-refractivity contribution in [3.05, 3.63) is 27.6 Å². The molecule has 0 saturated heterocycles. The first-order chi connectivity index (χ1) is 7.95. The van der Waals surface area contributed by atoms with E-state index in [1.807, 2.05) is 42.5 Å². The molecule has 0 spiro atoms. The number of carbonyl (C=O) groups excluding carboxylic acids is 1. The minimum absolute atomic E-state index is 0.0573. The monoisotopic (exact) mass is 346 g/mol. The first kappa shape index (κ1) is 13.9. The minimum atomic E-state index is -0.698. The van der Waals surface area contributed by atoms with Crippen LogP contribution < -0.4 is 5.32 Å². The van der Waals surface area contributed by atoms with Crippen molar-refractivity contribution in [3.8, 4) is 6.07 Å². The van der Waals surface area contributed by atoms with E-state index in [-0.39, 0.29) is 17.6 Å². The van der Waals surface area contributed by atoms with Crippen LogP contribution in [-0.2, 0) is 4.79 Å². The molecule has 1 atom stereocenters. The van der Waals surface area contributed by atoms with Crippen LogP contribution in [0.5, 0.6) is 0 Å². The van der Waals surface area contributed by atoms with Crippen LogP contribution in [0.3, 0.4) is 0 Å². The molecule has 90 valence electrons. The summed E-state index contributed by atoms with van der Waals surface area (Å²) in [5.74, 6) is -1.46. The third-order valence-corrected chi connectivity index (χ3v) is 3.17. The Hall–Kier alpha value is -1.16. The summed E-state index contributed by atoms with van der Waals surface area (Å²) in [6.07, 6.45) is 0. The predicted molar refractivity (Wildman–Crippen MR) is 71.7 cm³/mol. The van der Waals surface area contributed by atoms with E-state index in [1.165, 1.54) is 18.2 Å². The van der Waals surface area contributed by atoms with Gasteiger partial charge in [0.25, 0.3) is 0 Å². The molecule has 0 aromatic heterocycles. The average molecular weight is 346 g/mol. The number of halogens is 2. The van der Waals surface area contributed by atoms with E-state index in [4.69, 9.17) is 5.26 Å². The summed E-state index contributed by atoms with van der Waals surface area (Å²) in [6.45, 7) is 3.62. The number of nitrogens with zero attached hydrogens (tertiary/aromatic N) is 1. The SMILES string of the molecule is CC(C)C(C#N)C(=O)Nc1ccc(F)cc1I. The van der Waals surface area contributed by atoms with E-state index < -0.39 is 5.92 Å². The number of hydrogen-bond donors (Lipinski definition) is 1. The standard InChI is InChI=1S/C12H12FIN2O/c1-7(2)9(6-15)12(17)16-11-4-3-8(13)5-10(11)14/h3-5,7,9H,1-2H3,(H,16,17). The zero-order valence-electron chi connectivity index (χ0n) is 9.50. The van der Waals surface area contributed by atoms with E-state index in [0.717, 1.165) is 0 Å². The maximum atomic E-state index is 12.9. The van der Waals surface area contributed by atoms with E-state index in [2.05, 4.69) is 5.32 Å². The molecule has 1 aromatic carbocycles. The van der Waals surface area contributed by atoms with Crippen molar-refractivity contribution in [1.82, 2.24) is 0 Å². The van der Waals surface area contributed by atoms with Crippen LogP contribution in [-0.4, -0.2) is 5.91 Å². The summed E-state index contributed by atoms with van der Waals surface area (Å²) in [5, 5.41) is 11.5. The maximum Gasteiger partial charge on any atom is 0.242 e. The Labute approximate surface area is 113 Å². The van der Waals surface area contributed by atoms with Crippen LogP contribution in [0.4, 0.5) is 10.1 Å². The minimum Gasteiger partial charge on any atom is -0.324 e. The van der Waals surface area contributed by atoms with Crippen molar-refractivity contribution in [2.75, 3.05) is 5.32 Å². The molecule has 1 unspecified atom stereocenters. The van der Waals surface area contributed by atoms with Crippen LogP contribution >= 0.6 is 22.6 Å². The number of hydrogen-bond acceptors (Lipinski definition) is 2. The molecule has 0 fully saturated rings. The number of anilines is 1. The molecule has 3 nitrogen and oxygen atoms in total. The first-order valence-corrected chi connectivity index (χ1v) is 6.19. The largest absolute Gasteiger partial charge is 0.324 e. The summed E-state index contributed by atoms with van der Waals surface area (Å²) in [7, 11) is 0. The van der Waals surface area contributed by atoms with Gasteiger partial charge in [-0.05, 0) is 46.7 Å². The molecule has 1 rings (SSSR count). The molecule has 0 bridgehead atoms. The smallest absolute Gasteiger partial charge is 0.242 e. The molecule has 0 saturated carbocycles. The predicted octanol–water partition coefficient (Wildman–Crippen LogP) is 3.16. The van der Waals surface area contributed by atoms with Crippen LogP contribution in [0, 0.1) is 32.6 Å². The Morgan fingerprint density at radius 3 is 2.65 bits per heavy atom. The van der Waals surface area contributed by atoms with Crippen molar-refractivity contribution in [2.24, 2.45) is 11.8 Å². The molecule has 17 heavy (non-hydrogen) atoms. The van der Waals surface area contributed by atoms with Gasteiger partial charge in [0.05, 0.1) is 11.8 Å². The van der Waals surface area contributed by atoms with Gasteiger partial charge in [0.15, 0.2) is 0 Å². The van der Waals surface area contributed by atoms with E-state index >= 15 is 0 Å². The number of carbonyl (C=O) groups is 1. The molecular formula is C12H12FIN2O. The highest BCUT2D eigenvalue weighted by Gasteiger charge is 2.22. The Morgan fingerprint density at radius 2 is 2.18 bits per heavy atom. The van der Waals surface area contributed by atoms with Crippen LogP contribution in [0.25, 0.3) is 0 Å². The first-order valence-electron chi connectivity index (χ1n) is 5.11. The summed E-state index contributed by atoms with van der Waals surface area (Å²) < 4.78 is 13.5. The molecule has 5 heteroatoms. The van der Waals surface area contributed by atoms with Gasteiger partial charge in [0.1, 0.15) is 11.7 Å². The van der Waals surface area contributed by atoms with E-state index in [1.54, 1.807) is 0 Å². The van der Waals surface area contributed by atoms with Crippen molar-refractivity contribution in [1.29, 1.82) is 5.26 Å². The molecule has 0 aliphatic rings. The molecule has 1 aromatic rings. The molecule has 0 radical (unpaired) electrons. The zero-order chi connectivity index (χ0) is 13.0. The maximum absolute atomic E-state index is 12.9. The molecule has 1 amide bonds. The quantitative estimate of drug-likeness (QED) is 0.855. The van der Waals surface area contributed by atoms with Crippen molar-refractivity contribution < 1.29 is 9.18 Å². The van der Waals surface area contributed by atoms with Crippen LogP contribution in [0.15, 0.2) is 18.2 Å². The Morgan fingerprint density at radius 1 is 1.53 bits per heavy atom. The molecular weight excluding hydrogens is 334 g/mol. The Kier molecular flexibility index (Phi) is 4.87. The second-order valence-electron chi connectivity index (χ2n) is 3.96. The van der Waals surface area contributed by atoms with Crippen molar-refractivity contribution in [3.63, 3.8) is 0 Å². The second-order valence-corrected chi connectivity index (χ2v) is 5.13. The zero-order valence-corrected chi connectivity index (χ0v) is 11.7. The topological polar surface area (TPSA) is 52.9 Å². The number of benzene rings is 1. The van der Waals surface area contributed by atoms with Gasteiger partial charge in [-0.1, -0.05) is 13.8 Å². The van der Waals surface area contributed by atoms with Gasteiger partial charge in [-0.3, -0.25) is 4.79 Å². The lowest BCUT2D eigenvalue weighted by molar-refractivity contribution is -0.119. The fourth-order valence-electron chi connectivity index (χ4n) is 1.31. The highest BCUT2D eigenvalue weighted by atomic mass is 127. The van der Waals surface area contributed by atoms with Gasteiger partial charge in [0.2, 0.25) is 5.91 Å². The fraction of sp³-hybridized carbons (Fsp3) is 0.333. The van der Waals surface area contributed by atoms with Gasteiger partial charge in [-0.15, -0.1) is 0 Å². The third-order valence-electron chi connectivity index (χ3n) is 2.28. The van der Waals surface area contributed by atoms with E-state index in [0.29, 0.717) is 9.26 Å². The number of nitriles is 1. The van der Waals surface area contributed by atoms with Crippen LogP contribution in [0.2, 0.25) is 0 Å². The summed E-state index contributed by atoms with van der Waals surface area (Å²) in [6, 6.07) is 6.05. The number of amides is 1. The molecule has 1 N–H and O–H groups in total. The Bertz CT molecular complexity index is 468. The van der Waals surface area contributed by atoms with Gasteiger partial charge in [0, 0.05) is 3.57 Å². The normalized spacial score (nSPS) is 12.0. The summed E-state index contributed by atoms with van der Waals surface area (Å²) in [4.78, 5) is 11.8. The number of nitrogens with one attached hydrogen (secondary N) is 1. The second kappa shape index (κ2) is 5.96. The summed E-state index contributed by atoms with van der Waals surface area (Å²) >= 11 is 1.93. The highest BCUT2D eigenvalue weighted by molar-refractivity contribution is 14.1. The van der Waals surface area contributed by atoms with Gasteiger partial charge in [-0.2, -0.15) is 5.26 Å². The van der Waals surface area contributed by atoms with Gasteiger partial charge in [-0.25, -0.2) is 4.39 Å². The van der Waals surface area contributed by atoms with E-state index in [9.17, 15) is 9.18 Å². The Balaban J connectivity index is 2.85. The lowest BCUT2D eigenvalue weighted by Crippen LogP contribution is -2.26.